The summed E-state index contributed by atoms with van der Waals surface area (Å²) >= 11 is 7.21. The minimum atomic E-state index is -0.681. The summed E-state index contributed by atoms with van der Waals surface area (Å²) in [6, 6.07) is 21.6. The Kier molecular flexibility index (Phi) is 7.01. The fraction of sp³-hybridized carbons (Fsp3) is 0.115. The molecule has 2 amide bonds. The van der Waals surface area contributed by atoms with Crippen molar-refractivity contribution < 1.29 is 14.0 Å². The summed E-state index contributed by atoms with van der Waals surface area (Å²) in [6.45, 7) is 1.98. The standard InChI is InChI=1S/C26H19ClFN3O2S/c1-16-4-2-3-5-17(16)14-23-25(33)31(21-12-6-18(27)7-13-21)26(34-23)22(15-29)24(32)30-20-10-8-19(28)9-11-20/h2-13,23H,14H2,1H3,(H,30,32)/b26-22+. The highest BCUT2D eigenvalue weighted by molar-refractivity contribution is 8.05. The summed E-state index contributed by atoms with van der Waals surface area (Å²) in [5.41, 5.74) is 2.71. The van der Waals surface area contributed by atoms with Gasteiger partial charge in [-0.15, -0.1) is 0 Å². The fourth-order valence-corrected chi connectivity index (χ4v) is 5.00. The molecule has 170 valence electrons. The SMILES string of the molecule is Cc1ccccc1CC1S/C(=C(\C#N)C(=O)Nc2ccc(F)cc2)N(c2ccc(Cl)cc2)C1=O. The number of aryl methyl sites for hydroxylation is 1. The molecule has 1 N–H and O–H groups in total. The topological polar surface area (TPSA) is 73.2 Å². The van der Waals surface area contributed by atoms with Gasteiger partial charge >= 0.3 is 0 Å². The zero-order valence-electron chi connectivity index (χ0n) is 18.1. The van der Waals surface area contributed by atoms with E-state index in [1.54, 1.807) is 24.3 Å². The van der Waals surface area contributed by atoms with Crippen molar-refractivity contribution >= 4 is 46.6 Å². The fourth-order valence-electron chi connectivity index (χ4n) is 3.58. The zero-order valence-corrected chi connectivity index (χ0v) is 19.7. The Morgan fingerprint density at radius 3 is 2.44 bits per heavy atom. The van der Waals surface area contributed by atoms with Crippen LogP contribution in [0.4, 0.5) is 15.8 Å². The molecule has 1 atom stereocenters. The molecule has 4 rings (SSSR count). The van der Waals surface area contributed by atoms with Gasteiger partial charge in [-0.25, -0.2) is 4.39 Å². The summed E-state index contributed by atoms with van der Waals surface area (Å²) in [4.78, 5) is 27.9. The largest absolute Gasteiger partial charge is 0.321 e. The molecule has 5 nitrogen and oxygen atoms in total. The molecule has 1 aliphatic heterocycles. The highest BCUT2D eigenvalue weighted by Gasteiger charge is 2.41. The van der Waals surface area contributed by atoms with Crippen LogP contribution >= 0.6 is 23.4 Å². The average Bonchev–Trinajstić information content (AvgIpc) is 3.13. The molecule has 3 aromatic rings. The lowest BCUT2D eigenvalue weighted by Crippen LogP contribution is -2.31. The minimum absolute atomic E-state index is 0.204. The molecule has 3 aromatic carbocycles. The van der Waals surface area contributed by atoms with Crippen LogP contribution in [-0.2, 0) is 16.0 Å². The highest BCUT2D eigenvalue weighted by atomic mass is 35.5. The maximum Gasteiger partial charge on any atom is 0.269 e. The zero-order chi connectivity index (χ0) is 24.2. The van der Waals surface area contributed by atoms with Crippen molar-refractivity contribution in [3.05, 3.63) is 105 Å². The molecule has 0 saturated carbocycles. The number of thioether (sulfide) groups is 1. The maximum atomic E-state index is 13.5. The van der Waals surface area contributed by atoms with E-state index < -0.39 is 17.0 Å². The van der Waals surface area contributed by atoms with Crippen molar-refractivity contribution in [3.63, 3.8) is 0 Å². The van der Waals surface area contributed by atoms with E-state index in [1.165, 1.54) is 40.9 Å². The summed E-state index contributed by atoms with van der Waals surface area (Å²) in [7, 11) is 0. The Bertz CT molecular complexity index is 1320. The molecule has 1 heterocycles. The Labute approximate surface area is 205 Å². The summed E-state index contributed by atoms with van der Waals surface area (Å²) in [5, 5.41) is 12.7. The van der Waals surface area contributed by atoms with E-state index in [1.807, 2.05) is 37.3 Å². The molecule has 8 heteroatoms. The minimum Gasteiger partial charge on any atom is -0.321 e. The van der Waals surface area contributed by atoms with Crippen LogP contribution in [-0.4, -0.2) is 17.1 Å². The van der Waals surface area contributed by atoms with Gasteiger partial charge in [-0.2, -0.15) is 5.26 Å². The molecule has 0 spiro atoms. The predicted octanol–water partition coefficient (Wildman–Crippen LogP) is 5.85. The maximum absolute atomic E-state index is 13.5. The third-order valence-electron chi connectivity index (χ3n) is 5.36. The van der Waals surface area contributed by atoms with Gasteiger partial charge in [0.2, 0.25) is 5.91 Å². The van der Waals surface area contributed by atoms with Crippen molar-refractivity contribution in [2.45, 2.75) is 18.6 Å². The number of hydrogen-bond donors (Lipinski definition) is 1. The number of nitrogens with one attached hydrogen (secondary N) is 1. The molecular weight excluding hydrogens is 473 g/mol. The molecular formula is C26H19ClFN3O2S. The monoisotopic (exact) mass is 491 g/mol. The van der Waals surface area contributed by atoms with Crippen LogP contribution in [0.2, 0.25) is 5.02 Å². The number of carbonyl (C=O) groups is 2. The third kappa shape index (κ3) is 4.98. The van der Waals surface area contributed by atoms with Crippen molar-refractivity contribution in [1.29, 1.82) is 5.26 Å². The van der Waals surface area contributed by atoms with Gasteiger partial charge in [-0.3, -0.25) is 14.5 Å². The number of nitriles is 1. The Morgan fingerprint density at radius 2 is 1.79 bits per heavy atom. The number of benzene rings is 3. The van der Waals surface area contributed by atoms with Gasteiger partial charge in [0, 0.05) is 16.4 Å². The van der Waals surface area contributed by atoms with E-state index in [0.717, 1.165) is 11.1 Å². The molecule has 1 aliphatic rings. The predicted molar refractivity (Wildman–Crippen MR) is 133 cm³/mol. The van der Waals surface area contributed by atoms with Crippen LogP contribution < -0.4 is 10.2 Å². The summed E-state index contributed by atoms with van der Waals surface area (Å²) in [5.74, 6) is -1.35. The lowest BCUT2D eigenvalue weighted by Gasteiger charge is -2.19. The number of carbonyl (C=O) groups excluding carboxylic acids is 2. The van der Waals surface area contributed by atoms with E-state index >= 15 is 0 Å². The molecule has 0 radical (unpaired) electrons. The van der Waals surface area contributed by atoms with Crippen LogP contribution in [0.3, 0.4) is 0 Å². The van der Waals surface area contributed by atoms with Crippen molar-refractivity contribution in [3.8, 4) is 6.07 Å². The highest BCUT2D eigenvalue weighted by Crippen LogP contribution is 2.42. The van der Waals surface area contributed by atoms with E-state index in [4.69, 9.17) is 11.6 Å². The average molecular weight is 492 g/mol. The number of halogens is 2. The number of rotatable bonds is 5. The van der Waals surface area contributed by atoms with E-state index in [0.29, 0.717) is 22.8 Å². The first kappa shape index (κ1) is 23.6. The van der Waals surface area contributed by atoms with Crippen LogP contribution in [0.15, 0.2) is 83.4 Å². The first-order valence-corrected chi connectivity index (χ1v) is 11.6. The van der Waals surface area contributed by atoms with Gasteiger partial charge in [0.05, 0.1) is 5.25 Å². The van der Waals surface area contributed by atoms with Gasteiger partial charge in [-0.05, 0) is 73.0 Å². The lowest BCUT2D eigenvalue weighted by molar-refractivity contribution is -0.117. The van der Waals surface area contributed by atoms with Crippen molar-refractivity contribution in [1.82, 2.24) is 0 Å². The summed E-state index contributed by atoms with van der Waals surface area (Å²) < 4.78 is 13.2. The molecule has 1 saturated heterocycles. The third-order valence-corrected chi connectivity index (χ3v) is 6.87. The molecule has 0 aliphatic carbocycles. The summed E-state index contributed by atoms with van der Waals surface area (Å²) in [6.07, 6.45) is 0.446. The van der Waals surface area contributed by atoms with Crippen LogP contribution in [0.5, 0.6) is 0 Å². The molecule has 1 unspecified atom stereocenters. The van der Waals surface area contributed by atoms with Crippen LogP contribution in [0.1, 0.15) is 11.1 Å². The van der Waals surface area contributed by atoms with Crippen molar-refractivity contribution in [2.24, 2.45) is 0 Å². The molecule has 0 aromatic heterocycles. The van der Waals surface area contributed by atoms with Gasteiger partial charge in [-0.1, -0.05) is 47.6 Å². The van der Waals surface area contributed by atoms with Crippen LogP contribution in [0, 0.1) is 24.1 Å². The number of hydrogen-bond acceptors (Lipinski definition) is 4. The lowest BCUT2D eigenvalue weighted by atomic mass is 10.0. The first-order chi connectivity index (χ1) is 16.4. The van der Waals surface area contributed by atoms with Gasteiger partial charge < -0.3 is 5.32 Å². The normalized spacial score (nSPS) is 16.8. The first-order valence-electron chi connectivity index (χ1n) is 10.4. The Morgan fingerprint density at radius 1 is 1.12 bits per heavy atom. The van der Waals surface area contributed by atoms with Gasteiger partial charge in [0.15, 0.2) is 0 Å². The Hall–Kier alpha value is -3.60. The van der Waals surface area contributed by atoms with Crippen LogP contribution in [0.25, 0.3) is 0 Å². The van der Waals surface area contributed by atoms with Gasteiger partial charge in [0.1, 0.15) is 22.5 Å². The van der Waals surface area contributed by atoms with E-state index in [2.05, 4.69) is 5.32 Å². The molecule has 0 bridgehead atoms. The second-order valence-corrected chi connectivity index (χ2v) is 9.27. The quantitative estimate of drug-likeness (QED) is 0.359. The van der Waals surface area contributed by atoms with Crippen molar-refractivity contribution in [2.75, 3.05) is 10.2 Å². The van der Waals surface area contributed by atoms with E-state index in [-0.39, 0.29) is 16.5 Å². The second-order valence-electron chi connectivity index (χ2n) is 7.64. The second kappa shape index (κ2) is 10.1. The smallest absolute Gasteiger partial charge is 0.269 e. The van der Waals surface area contributed by atoms with Gasteiger partial charge in [0.25, 0.3) is 5.91 Å². The van der Waals surface area contributed by atoms with E-state index in [9.17, 15) is 19.2 Å². The number of nitrogens with zero attached hydrogens (tertiary/aromatic N) is 2. The molecule has 1 fully saturated rings. The Balaban J connectivity index is 1.73. The number of amides is 2. The number of anilines is 2. The molecule has 34 heavy (non-hydrogen) atoms.